The molecule has 0 aromatic carbocycles. The predicted molar refractivity (Wildman–Crippen MR) is 29.1 cm³/mol. The molecule has 0 amide bonds. The van der Waals surface area contributed by atoms with E-state index in [0.717, 1.165) is 0 Å². The molecule has 0 rings (SSSR count). The molecule has 0 aromatic heterocycles. The van der Waals surface area contributed by atoms with E-state index in [1.165, 1.54) is 0 Å². The third-order valence-corrected chi connectivity index (χ3v) is 0. The molecule has 2 N–H and O–H groups in total. The minimum absolute atomic E-state index is 0. The van der Waals surface area contributed by atoms with Gasteiger partial charge in [0.1, 0.15) is 0 Å². The minimum atomic E-state index is -1.83. The van der Waals surface area contributed by atoms with E-state index in [4.69, 9.17) is 15.0 Å². The number of carboxylic acid groups (broad SMARTS) is 2. The first-order chi connectivity index (χ1) is 1.73. The van der Waals surface area contributed by atoms with Crippen LogP contribution in [0.2, 0.25) is 0 Å². The van der Waals surface area contributed by atoms with Crippen LogP contribution in [0.4, 0.5) is 9.50 Å². The Morgan fingerprint density at radius 1 is 1.29 bits per heavy atom. The molecule has 0 aliphatic rings. The van der Waals surface area contributed by atoms with E-state index < -0.39 is 6.16 Å². The summed E-state index contributed by atoms with van der Waals surface area (Å²) >= 11 is 0. The first-order valence-corrected chi connectivity index (χ1v) is 0.651. The van der Waals surface area contributed by atoms with Crippen molar-refractivity contribution in [3.05, 3.63) is 0 Å². The van der Waals surface area contributed by atoms with Gasteiger partial charge in [0.15, 0.2) is 0 Å². The van der Waals surface area contributed by atoms with Gasteiger partial charge in [0.05, 0.1) is 0 Å². The molecule has 6 heteroatoms. The van der Waals surface area contributed by atoms with Gasteiger partial charge >= 0.3 is 81.6 Å². The van der Waals surface area contributed by atoms with E-state index in [2.05, 4.69) is 0 Å². The third kappa shape index (κ3) is 85.4. The minimum Gasteiger partial charge on any atom is -1.00 e. The van der Waals surface area contributed by atoms with Gasteiger partial charge in [-0.15, -0.1) is 0 Å². The van der Waals surface area contributed by atoms with Crippen molar-refractivity contribution >= 4 is 81.6 Å². The molecular weight excluding hydrogens is 159 g/mol. The SMILES string of the molecule is F.O=C(O)O.[Ca+2].[Ca+2].[H-].[H-].[H-].[H-]. The van der Waals surface area contributed by atoms with Gasteiger partial charge in [0.2, 0.25) is 0 Å². The van der Waals surface area contributed by atoms with Crippen LogP contribution >= 0.6 is 0 Å². The van der Waals surface area contributed by atoms with Crippen molar-refractivity contribution < 1.29 is 25.4 Å². The van der Waals surface area contributed by atoms with Crippen molar-refractivity contribution in [3.8, 4) is 0 Å². The topological polar surface area (TPSA) is 57.5 Å². The normalized spacial score (nSPS) is 3.43. The summed E-state index contributed by atoms with van der Waals surface area (Å²) in [7, 11) is 0. The maximum atomic E-state index is 8.56. The molecule has 0 bridgehead atoms. The number of hydrogen-bond donors (Lipinski definition) is 2. The van der Waals surface area contributed by atoms with Gasteiger partial charge in [0.25, 0.3) is 0 Å². The maximum Gasteiger partial charge on any atom is 2.00 e. The summed E-state index contributed by atoms with van der Waals surface area (Å²) < 4.78 is 0. The fourth-order valence-electron chi connectivity index (χ4n) is 0. The summed E-state index contributed by atoms with van der Waals surface area (Å²) in [6, 6.07) is 0. The van der Waals surface area contributed by atoms with Crippen LogP contribution in [0.3, 0.4) is 0 Å². The van der Waals surface area contributed by atoms with Gasteiger partial charge in [-0.05, 0) is 0 Å². The van der Waals surface area contributed by atoms with Crippen LogP contribution in [0, 0.1) is 0 Å². The van der Waals surface area contributed by atoms with E-state index in [9.17, 15) is 0 Å². The fourth-order valence-corrected chi connectivity index (χ4v) is 0. The molecular formula is CH7Ca2FO3. The zero-order valence-corrected chi connectivity index (χ0v) is 8.04. The van der Waals surface area contributed by atoms with Crippen LogP contribution in [0.15, 0.2) is 0 Å². The number of halogens is 1. The van der Waals surface area contributed by atoms with Crippen molar-refractivity contribution in [2.24, 2.45) is 0 Å². The summed E-state index contributed by atoms with van der Waals surface area (Å²) in [5, 5.41) is 13.9. The van der Waals surface area contributed by atoms with Gasteiger partial charge in [-0.2, -0.15) is 0 Å². The van der Waals surface area contributed by atoms with Crippen LogP contribution in [0.25, 0.3) is 0 Å². The number of carbonyl (C=O) groups is 1. The van der Waals surface area contributed by atoms with E-state index in [1.807, 2.05) is 0 Å². The maximum absolute atomic E-state index is 8.56. The largest absolute Gasteiger partial charge is 2.00 e. The summed E-state index contributed by atoms with van der Waals surface area (Å²) in [5.74, 6) is 0. The summed E-state index contributed by atoms with van der Waals surface area (Å²) in [5.41, 5.74) is 0. The van der Waals surface area contributed by atoms with E-state index in [0.29, 0.717) is 0 Å². The van der Waals surface area contributed by atoms with Crippen molar-refractivity contribution in [2.45, 2.75) is 0 Å². The predicted octanol–water partition coefficient (Wildman–Crippen LogP) is 0.0633. The standard InChI is InChI=1S/CH2O3.2Ca.FH.4H/c2-1(3)4;;;;;;;/h(H2,2,3,4);;;1H;;;;/q;2*+2;;4*-1. The van der Waals surface area contributed by atoms with Gasteiger partial charge < -0.3 is 15.9 Å². The van der Waals surface area contributed by atoms with Crippen molar-refractivity contribution in [1.29, 1.82) is 0 Å². The molecule has 0 aliphatic heterocycles. The molecule has 40 valence electrons. The first-order valence-electron chi connectivity index (χ1n) is 0.651. The van der Waals surface area contributed by atoms with Crippen LogP contribution in [0.5, 0.6) is 0 Å². The van der Waals surface area contributed by atoms with Crippen LogP contribution < -0.4 is 0 Å². The molecule has 3 nitrogen and oxygen atoms in total. The first kappa shape index (κ1) is 23.3. The zero-order valence-electron chi connectivity index (χ0n) is 7.63. The third-order valence-electron chi connectivity index (χ3n) is 0. The van der Waals surface area contributed by atoms with E-state index >= 15 is 0 Å². The Labute approximate surface area is 105 Å². The zero-order chi connectivity index (χ0) is 3.58. The Morgan fingerprint density at radius 2 is 1.29 bits per heavy atom. The average Bonchev–Trinajstić information content (AvgIpc) is 0.811. The van der Waals surface area contributed by atoms with E-state index in [-0.39, 0.29) is 85.9 Å². The Hall–Kier alpha value is 1.72. The molecule has 0 radical (unpaired) electrons. The molecule has 0 spiro atoms. The van der Waals surface area contributed by atoms with Crippen molar-refractivity contribution in [3.63, 3.8) is 0 Å². The Morgan fingerprint density at radius 3 is 1.29 bits per heavy atom. The smallest absolute Gasteiger partial charge is 1.00 e. The molecule has 0 saturated carbocycles. The molecule has 0 atom stereocenters. The van der Waals surface area contributed by atoms with Crippen LogP contribution in [-0.4, -0.2) is 91.8 Å². The quantitative estimate of drug-likeness (QED) is 0.500. The second kappa shape index (κ2) is 15.6. The molecule has 0 unspecified atom stereocenters. The molecule has 7 heavy (non-hydrogen) atoms. The second-order valence-corrected chi connectivity index (χ2v) is 0.283. The van der Waals surface area contributed by atoms with Crippen molar-refractivity contribution in [1.82, 2.24) is 0 Å². The summed E-state index contributed by atoms with van der Waals surface area (Å²) in [6.45, 7) is 0. The van der Waals surface area contributed by atoms with E-state index in [1.54, 1.807) is 0 Å². The fraction of sp³-hybridized carbons (Fsp3) is 0. The Balaban J connectivity index is -0.00000000214. The second-order valence-electron chi connectivity index (χ2n) is 0.283. The van der Waals surface area contributed by atoms with Crippen molar-refractivity contribution in [2.75, 3.05) is 0 Å². The molecule has 0 fully saturated rings. The molecule has 0 aromatic rings. The van der Waals surface area contributed by atoms with Crippen LogP contribution in [-0.2, 0) is 0 Å². The van der Waals surface area contributed by atoms with Gasteiger partial charge in [0, 0.05) is 0 Å². The molecule has 0 heterocycles. The average molecular weight is 166 g/mol. The monoisotopic (exact) mass is 166 g/mol. The van der Waals surface area contributed by atoms with Gasteiger partial charge in [-0.3, -0.25) is 4.70 Å². The number of hydrogen-bond acceptors (Lipinski definition) is 1. The Bertz CT molecular complexity index is 46.3. The number of rotatable bonds is 0. The Kier molecular flexibility index (Phi) is 52.1. The summed E-state index contributed by atoms with van der Waals surface area (Å²) in [4.78, 5) is 8.56. The van der Waals surface area contributed by atoms with Gasteiger partial charge in [-0.1, -0.05) is 0 Å². The summed E-state index contributed by atoms with van der Waals surface area (Å²) in [6.07, 6.45) is -1.83. The molecule has 0 saturated heterocycles. The van der Waals surface area contributed by atoms with Gasteiger partial charge in [-0.25, -0.2) is 4.79 Å². The van der Waals surface area contributed by atoms with Crippen LogP contribution in [0.1, 0.15) is 5.71 Å². The molecule has 0 aliphatic carbocycles.